The molecule has 0 saturated heterocycles. The largest absolute Gasteiger partial charge is 0.494 e. The van der Waals surface area contributed by atoms with E-state index in [1.54, 1.807) is 31.2 Å². The molecule has 0 bridgehead atoms. The van der Waals surface area contributed by atoms with Gasteiger partial charge in [-0.3, -0.25) is 9.10 Å². The number of hydrogen-bond donors (Lipinski definition) is 1. The lowest BCUT2D eigenvalue weighted by Crippen LogP contribution is -2.48. The van der Waals surface area contributed by atoms with Gasteiger partial charge in [-0.15, -0.1) is 0 Å². The van der Waals surface area contributed by atoms with Gasteiger partial charge in [-0.2, -0.15) is 0 Å². The first-order chi connectivity index (χ1) is 14.1. The zero-order valence-electron chi connectivity index (χ0n) is 18.3. The molecule has 2 aromatic rings. The Morgan fingerprint density at radius 1 is 1.03 bits per heavy atom. The molecule has 0 radical (unpaired) electrons. The Kier molecular flexibility index (Phi) is 8.29. The topological polar surface area (TPSA) is 75.7 Å². The second kappa shape index (κ2) is 10.5. The molecule has 2 rings (SSSR count). The number of ether oxygens (including phenoxy) is 1. The Bertz CT molecular complexity index is 912. The number of amides is 1. The molecule has 0 aliphatic rings. The fourth-order valence-corrected chi connectivity index (χ4v) is 4.57. The van der Waals surface area contributed by atoms with Crippen molar-refractivity contribution in [1.29, 1.82) is 0 Å². The molecule has 30 heavy (non-hydrogen) atoms. The number of sulfonamides is 1. The van der Waals surface area contributed by atoms with Gasteiger partial charge in [-0.05, 0) is 56.0 Å². The normalized spacial score (nSPS) is 13.5. The number of hydrogen-bond acceptors (Lipinski definition) is 4. The minimum Gasteiger partial charge on any atom is -0.494 e. The molecule has 0 spiro atoms. The van der Waals surface area contributed by atoms with E-state index < -0.39 is 16.1 Å². The highest BCUT2D eigenvalue weighted by Gasteiger charge is 2.30. The smallest absolute Gasteiger partial charge is 0.244 e. The molecule has 164 valence electrons. The first-order valence-electron chi connectivity index (χ1n) is 10.2. The average Bonchev–Trinajstić information content (AvgIpc) is 2.68. The van der Waals surface area contributed by atoms with Crippen molar-refractivity contribution in [2.75, 3.05) is 17.2 Å². The monoisotopic (exact) mass is 432 g/mol. The lowest BCUT2D eigenvalue weighted by Gasteiger charge is -2.30. The van der Waals surface area contributed by atoms with Crippen molar-refractivity contribution in [3.63, 3.8) is 0 Å². The maximum atomic E-state index is 13.1. The number of anilines is 1. The summed E-state index contributed by atoms with van der Waals surface area (Å²) in [6, 6.07) is 15.3. The molecule has 1 N–H and O–H groups in total. The van der Waals surface area contributed by atoms with Gasteiger partial charge >= 0.3 is 0 Å². The van der Waals surface area contributed by atoms with Crippen LogP contribution in [0.5, 0.6) is 5.75 Å². The fraction of sp³-hybridized carbons (Fsp3) is 0.435. The molecule has 0 aromatic heterocycles. The predicted molar refractivity (Wildman–Crippen MR) is 121 cm³/mol. The third kappa shape index (κ3) is 6.49. The van der Waals surface area contributed by atoms with Crippen LogP contribution in [0.4, 0.5) is 5.69 Å². The summed E-state index contributed by atoms with van der Waals surface area (Å²) in [5.74, 6) is 0.666. The Morgan fingerprint density at radius 3 is 2.13 bits per heavy atom. The van der Waals surface area contributed by atoms with Gasteiger partial charge in [0.15, 0.2) is 0 Å². The van der Waals surface area contributed by atoms with Gasteiger partial charge < -0.3 is 10.1 Å². The Hall–Kier alpha value is -2.54. The summed E-state index contributed by atoms with van der Waals surface area (Å²) >= 11 is 0. The lowest BCUT2D eigenvalue weighted by molar-refractivity contribution is -0.122. The SMILES string of the molecule is CCOc1ccc(N(C(C)C(=O)NC(CC(C)C)c2ccccc2)S(C)(=O)=O)cc1. The van der Waals surface area contributed by atoms with Gasteiger partial charge in [0.05, 0.1) is 24.6 Å². The average molecular weight is 433 g/mol. The molecule has 6 nitrogen and oxygen atoms in total. The second-order valence-corrected chi connectivity index (χ2v) is 9.62. The van der Waals surface area contributed by atoms with E-state index in [4.69, 9.17) is 4.74 Å². The summed E-state index contributed by atoms with van der Waals surface area (Å²) in [6.45, 7) is 8.18. The van der Waals surface area contributed by atoms with E-state index in [1.165, 1.54) is 0 Å². The molecule has 2 atom stereocenters. The van der Waals surface area contributed by atoms with Crippen LogP contribution in [0, 0.1) is 5.92 Å². The van der Waals surface area contributed by atoms with Crippen LogP contribution < -0.4 is 14.4 Å². The summed E-state index contributed by atoms with van der Waals surface area (Å²) < 4.78 is 31.6. The Morgan fingerprint density at radius 2 is 1.63 bits per heavy atom. The van der Waals surface area contributed by atoms with Crippen LogP contribution in [0.25, 0.3) is 0 Å². The molecular weight excluding hydrogens is 400 g/mol. The van der Waals surface area contributed by atoms with Crippen molar-refractivity contribution >= 4 is 21.6 Å². The van der Waals surface area contributed by atoms with Gasteiger partial charge in [-0.1, -0.05) is 44.2 Å². The van der Waals surface area contributed by atoms with Crippen LogP contribution in [0.3, 0.4) is 0 Å². The van der Waals surface area contributed by atoms with Crippen molar-refractivity contribution in [2.45, 2.75) is 46.2 Å². The Labute approximate surface area is 180 Å². The molecule has 0 aliphatic carbocycles. The number of nitrogens with zero attached hydrogens (tertiary/aromatic N) is 1. The maximum Gasteiger partial charge on any atom is 0.244 e. The van der Waals surface area contributed by atoms with Gasteiger partial charge in [0.25, 0.3) is 0 Å². The van der Waals surface area contributed by atoms with Crippen LogP contribution in [-0.4, -0.2) is 33.2 Å². The van der Waals surface area contributed by atoms with Crippen LogP contribution in [0.15, 0.2) is 54.6 Å². The summed E-state index contributed by atoms with van der Waals surface area (Å²) in [7, 11) is -3.68. The summed E-state index contributed by atoms with van der Waals surface area (Å²) in [5.41, 5.74) is 1.42. The molecule has 0 aliphatic heterocycles. The first-order valence-corrected chi connectivity index (χ1v) is 12.1. The molecule has 1 amide bonds. The van der Waals surface area contributed by atoms with E-state index in [9.17, 15) is 13.2 Å². The van der Waals surface area contributed by atoms with E-state index in [2.05, 4.69) is 19.2 Å². The molecule has 2 unspecified atom stereocenters. The molecular formula is C23H32N2O4S. The van der Waals surface area contributed by atoms with Crippen molar-refractivity contribution < 1.29 is 17.9 Å². The van der Waals surface area contributed by atoms with E-state index in [-0.39, 0.29) is 11.9 Å². The van der Waals surface area contributed by atoms with Crippen LogP contribution in [-0.2, 0) is 14.8 Å². The summed E-state index contributed by atoms with van der Waals surface area (Å²) in [4.78, 5) is 13.1. The van der Waals surface area contributed by atoms with Gasteiger partial charge in [0, 0.05) is 0 Å². The quantitative estimate of drug-likeness (QED) is 0.612. The highest BCUT2D eigenvalue weighted by molar-refractivity contribution is 7.92. The van der Waals surface area contributed by atoms with Gasteiger partial charge in [0.2, 0.25) is 15.9 Å². The number of benzene rings is 2. The first kappa shape index (κ1) is 23.7. The molecule has 0 heterocycles. The second-order valence-electron chi connectivity index (χ2n) is 7.76. The van der Waals surface area contributed by atoms with Gasteiger partial charge in [0.1, 0.15) is 11.8 Å². The molecule has 2 aromatic carbocycles. The maximum absolute atomic E-state index is 13.1. The summed E-state index contributed by atoms with van der Waals surface area (Å²) in [6.07, 6.45) is 1.86. The predicted octanol–water partition coefficient (Wildman–Crippen LogP) is 4.14. The van der Waals surface area contributed by atoms with Gasteiger partial charge in [-0.25, -0.2) is 8.42 Å². The number of carbonyl (C=O) groups is 1. The molecule has 0 fully saturated rings. The minimum absolute atomic E-state index is 0.192. The zero-order chi connectivity index (χ0) is 22.3. The lowest BCUT2D eigenvalue weighted by atomic mass is 9.96. The Balaban J connectivity index is 2.28. The highest BCUT2D eigenvalue weighted by atomic mass is 32.2. The van der Waals surface area contributed by atoms with Crippen molar-refractivity contribution in [1.82, 2.24) is 5.32 Å². The van der Waals surface area contributed by atoms with E-state index in [1.807, 2.05) is 37.3 Å². The minimum atomic E-state index is -3.68. The van der Waals surface area contributed by atoms with E-state index in [0.717, 1.165) is 22.5 Å². The van der Waals surface area contributed by atoms with E-state index >= 15 is 0 Å². The van der Waals surface area contributed by atoms with Crippen molar-refractivity contribution in [3.8, 4) is 5.75 Å². The van der Waals surface area contributed by atoms with Crippen LogP contribution in [0.1, 0.15) is 45.7 Å². The highest BCUT2D eigenvalue weighted by Crippen LogP contribution is 2.26. The fourth-order valence-electron chi connectivity index (χ4n) is 3.39. The number of rotatable bonds is 10. The van der Waals surface area contributed by atoms with Crippen LogP contribution in [0.2, 0.25) is 0 Å². The van der Waals surface area contributed by atoms with Crippen molar-refractivity contribution in [3.05, 3.63) is 60.2 Å². The van der Waals surface area contributed by atoms with Crippen molar-refractivity contribution in [2.24, 2.45) is 5.92 Å². The van der Waals surface area contributed by atoms with E-state index in [0.29, 0.717) is 24.0 Å². The standard InChI is InChI=1S/C23H32N2O4S/c1-6-29-21-14-12-20(13-15-21)25(30(5,27)28)18(4)23(26)24-22(16-17(2)3)19-10-8-7-9-11-19/h7-15,17-18,22H,6,16H2,1-5H3,(H,24,26). The molecule has 7 heteroatoms. The molecule has 0 saturated carbocycles. The number of carbonyl (C=O) groups excluding carboxylic acids is 1. The third-order valence-electron chi connectivity index (χ3n) is 4.72. The zero-order valence-corrected chi connectivity index (χ0v) is 19.1. The number of nitrogens with one attached hydrogen (secondary N) is 1. The van der Waals surface area contributed by atoms with Crippen LogP contribution >= 0.6 is 0 Å². The third-order valence-corrected chi connectivity index (χ3v) is 5.96. The summed E-state index contributed by atoms with van der Waals surface area (Å²) in [5, 5.41) is 3.05.